The van der Waals surface area contributed by atoms with Crippen molar-refractivity contribution in [1.82, 2.24) is 9.78 Å². The Labute approximate surface area is 147 Å². The van der Waals surface area contributed by atoms with Crippen LogP contribution in [0, 0.1) is 0 Å². The summed E-state index contributed by atoms with van der Waals surface area (Å²) >= 11 is 17.8. The van der Waals surface area contributed by atoms with Crippen LogP contribution in [-0.2, 0) is 4.79 Å². The first kappa shape index (κ1) is 19.7. The van der Waals surface area contributed by atoms with E-state index >= 15 is 0 Å². The minimum Gasteiger partial charge on any atom is -0.309 e. The molecule has 0 aliphatic carbocycles. The zero-order valence-corrected chi connectivity index (χ0v) is 14.6. The number of carbonyl (C=O) groups is 1. The van der Waals surface area contributed by atoms with E-state index in [1.165, 1.54) is 30.8 Å². The van der Waals surface area contributed by atoms with E-state index in [2.05, 4.69) is 17.0 Å². The molecule has 4 nitrogen and oxygen atoms in total. The molecule has 1 aromatic rings. The van der Waals surface area contributed by atoms with E-state index in [0.29, 0.717) is 0 Å². The number of hydrogen-bond donors (Lipinski definition) is 1. The molecular formula is C14H14Cl3F2N3O. The maximum Gasteiger partial charge on any atom is 0.263 e. The quantitative estimate of drug-likeness (QED) is 0.564. The fourth-order valence-electron chi connectivity index (χ4n) is 1.51. The van der Waals surface area contributed by atoms with Crippen LogP contribution in [-0.4, -0.2) is 27.5 Å². The van der Waals surface area contributed by atoms with E-state index in [1.807, 2.05) is 0 Å². The van der Waals surface area contributed by atoms with Gasteiger partial charge in [-0.05, 0) is 19.9 Å². The number of nitrogens with zero attached hydrogens (tertiary/aromatic N) is 2. The number of amides is 1. The van der Waals surface area contributed by atoms with Crippen LogP contribution in [0.1, 0.15) is 13.8 Å². The largest absolute Gasteiger partial charge is 0.309 e. The summed E-state index contributed by atoms with van der Waals surface area (Å²) in [6, 6.07) is 1.49. The number of aromatic nitrogens is 2. The Kier molecular flexibility index (Phi) is 7.25. The maximum atomic E-state index is 12.6. The minimum atomic E-state index is -2.76. The van der Waals surface area contributed by atoms with Crippen molar-refractivity contribution in [2.45, 2.75) is 25.7 Å². The standard InChI is InChI=1S/C14H14Cl3F2N3O/c1-7(13(18)19)6-10(17)12(8(2)15)22-11(4-5-20-22)21-14(23)9(3)16/h4-6,9,13H,1H2,2-3H3,(H,21,23)/b10-6+,12-8-. The van der Waals surface area contributed by atoms with Gasteiger partial charge in [0.05, 0.1) is 16.9 Å². The van der Waals surface area contributed by atoms with Gasteiger partial charge in [0.2, 0.25) is 5.91 Å². The fourth-order valence-corrected chi connectivity index (χ4v) is 2.15. The summed E-state index contributed by atoms with van der Waals surface area (Å²) < 4.78 is 26.4. The second-order valence-corrected chi connectivity index (χ2v) is 6.11. The predicted molar refractivity (Wildman–Crippen MR) is 90.0 cm³/mol. The molecule has 1 amide bonds. The second-order valence-electron chi connectivity index (χ2n) is 4.48. The SMILES string of the molecule is C=C(/C=C(Cl)\C(=C(/C)Cl)n1nccc1NC(=O)C(C)Cl)C(F)F. The molecule has 1 heterocycles. The lowest BCUT2D eigenvalue weighted by molar-refractivity contribution is -0.115. The van der Waals surface area contributed by atoms with Crippen molar-refractivity contribution in [3.05, 3.63) is 40.6 Å². The summed E-state index contributed by atoms with van der Waals surface area (Å²) in [5.41, 5.74) is -0.338. The van der Waals surface area contributed by atoms with Gasteiger partial charge in [-0.3, -0.25) is 4.79 Å². The van der Waals surface area contributed by atoms with Gasteiger partial charge in [0.15, 0.2) is 0 Å². The first-order chi connectivity index (χ1) is 10.6. The van der Waals surface area contributed by atoms with Gasteiger partial charge in [0.25, 0.3) is 6.43 Å². The van der Waals surface area contributed by atoms with Gasteiger partial charge >= 0.3 is 0 Å². The van der Waals surface area contributed by atoms with E-state index in [9.17, 15) is 13.6 Å². The highest BCUT2D eigenvalue weighted by Gasteiger charge is 2.18. The lowest BCUT2D eigenvalue weighted by Gasteiger charge is -2.14. The Morgan fingerprint density at radius 1 is 1.48 bits per heavy atom. The van der Waals surface area contributed by atoms with Gasteiger partial charge in [-0.1, -0.05) is 29.8 Å². The molecule has 9 heteroatoms. The number of rotatable bonds is 6. The van der Waals surface area contributed by atoms with Crippen LogP contribution in [0.3, 0.4) is 0 Å². The Morgan fingerprint density at radius 3 is 2.57 bits per heavy atom. The summed E-state index contributed by atoms with van der Waals surface area (Å²) in [6.45, 7) is 6.23. The summed E-state index contributed by atoms with van der Waals surface area (Å²) in [7, 11) is 0. The first-order valence-corrected chi connectivity index (χ1v) is 7.54. The van der Waals surface area contributed by atoms with Crippen molar-refractivity contribution in [2.75, 3.05) is 5.32 Å². The van der Waals surface area contributed by atoms with Crippen LogP contribution in [0.25, 0.3) is 5.70 Å². The molecule has 1 unspecified atom stereocenters. The highest BCUT2D eigenvalue weighted by atomic mass is 35.5. The average molecular weight is 385 g/mol. The number of halogens is 5. The smallest absolute Gasteiger partial charge is 0.263 e. The molecule has 1 N–H and O–H groups in total. The summed E-state index contributed by atoms with van der Waals surface area (Å²) in [5.74, 6) is -0.219. The van der Waals surface area contributed by atoms with Crippen molar-refractivity contribution in [1.29, 1.82) is 0 Å². The Balaban J connectivity index is 3.25. The molecule has 1 atom stereocenters. The van der Waals surface area contributed by atoms with Crippen molar-refractivity contribution >= 4 is 52.2 Å². The van der Waals surface area contributed by atoms with Crippen molar-refractivity contribution in [3.63, 3.8) is 0 Å². The summed E-state index contributed by atoms with van der Waals surface area (Å²) in [4.78, 5) is 11.7. The fraction of sp³-hybridized carbons (Fsp3) is 0.286. The molecule has 0 bridgehead atoms. The van der Waals surface area contributed by atoms with E-state index < -0.39 is 23.3 Å². The minimum absolute atomic E-state index is 0.0964. The Bertz CT molecular complexity index is 662. The third-order valence-electron chi connectivity index (χ3n) is 2.61. The molecule has 0 aromatic carbocycles. The van der Waals surface area contributed by atoms with Crippen molar-refractivity contribution in [3.8, 4) is 0 Å². The van der Waals surface area contributed by atoms with Crippen LogP contribution in [0.2, 0.25) is 0 Å². The molecule has 0 saturated carbocycles. The second kappa shape index (κ2) is 8.47. The van der Waals surface area contributed by atoms with E-state index in [-0.39, 0.29) is 21.6 Å². The molecule has 0 saturated heterocycles. The number of carbonyl (C=O) groups excluding carboxylic acids is 1. The number of hydrogen-bond acceptors (Lipinski definition) is 2. The molecule has 0 fully saturated rings. The molecule has 23 heavy (non-hydrogen) atoms. The maximum absolute atomic E-state index is 12.6. The number of alkyl halides is 3. The van der Waals surface area contributed by atoms with E-state index in [0.717, 1.165) is 6.08 Å². The molecular weight excluding hydrogens is 371 g/mol. The predicted octanol–water partition coefficient (Wildman–Crippen LogP) is 4.82. The van der Waals surface area contributed by atoms with E-state index in [1.54, 1.807) is 0 Å². The third-order valence-corrected chi connectivity index (χ3v) is 3.28. The lowest BCUT2D eigenvalue weighted by Crippen LogP contribution is -2.22. The molecule has 0 radical (unpaired) electrons. The van der Waals surface area contributed by atoms with Crippen LogP contribution in [0.4, 0.5) is 14.6 Å². The van der Waals surface area contributed by atoms with E-state index in [4.69, 9.17) is 34.8 Å². The highest BCUT2D eigenvalue weighted by Crippen LogP contribution is 2.30. The van der Waals surface area contributed by atoms with Crippen molar-refractivity contribution < 1.29 is 13.6 Å². The van der Waals surface area contributed by atoms with Gasteiger partial charge < -0.3 is 5.32 Å². The van der Waals surface area contributed by atoms with Gasteiger partial charge in [0.1, 0.15) is 11.2 Å². The lowest BCUT2D eigenvalue weighted by atomic mass is 10.2. The molecule has 126 valence electrons. The number of anilines is 1. The Morgan fingerprint density at radius 2 is 2.09 bits per heavy atom. The van der Waals surface area contributed by atoms with Gasteiger partial charge in [0, 0.05) is 16.7 Å². The average Bonchev–Trinajstić information content (AvgIpc) is 2.86. The molecule has 1 aromatic heterocycles. The molecule has 0 spiro atoms. The molecule has 0 aliphatic rings. The zero-order valence-electron chi connectivity index (χ0n) is 12.3. The van der Waals surface area contributed by atoms with Crippen LogP contribution in [0.15, 0.2) is 40.6 Å². The molecule has 1 rings (SSSR count). The van der Waals surface area contributed by atoms with Crippen LogP contribution >= 0.6 is 34.8 Å². The number of nitrogens with one attached hydrogen (secondary N) is 1. The van der Waals surface area contributed by atoms with Gasteiger partial charge in [-0.2, -0.15) is 5.10 Å². The summed E-state index contributed by atoms with van der Waals surface area (Å²) in [6.07, 6.45) is -0.375. The van der Waals surface area contributed by atoms with Crippen LogP contribution < -0.4 is 5.32 Å². The normalized spacial score (nSPS) is 14.5. The third kappa shape index (κ3) is 5.34. The topological polar surface area (TPSA) is 46.9 Å². The van der Waals surface area contributed by atoms with Gasteiger partial charge in [-0.25, -0.2) is 13.5 Å². The monoisotopic (exact) mass is 383 g/mol. The highest BCUT2D eigenvalue weighted by molar-refractivity contribution is 6.40. The van der Waals surface area contributed by atoms with Crippen LogP contribution in [0.5, 0.6) is 0 Å². The number of allylic oxidation sites excluding steroid dienone is 5. The van der Waals surface area contributed by atoms with Crippen molar-refractivity contribution in [2.24, 2.45) is 0 Å². The summed E-state index contributed by atoms with van der Waals surface area (Å²) in [5, 5.41) is 5.85. The van der Waals surface area contributed by atoms with Gasteiger partial charge in [-0.15, -0.1) is 11.6 Å². The zero-order chi connectivity index (χ0) is 17.7. The molecule has 0 aliphatic heterocycles. The Hall–Kier alpha value is -1.37. The first-order valence-electron chi connectivity index (χ1n) is 6.35.